The van der Waals surface area contributed by atoms with Crippen LogP contribution in [0.25, 0.3) is 0 Å². The number of fused-ring (bicyclic) bond motifs is 1. The minimum atomic E-state index is -0.194. The summed E-state index contributed by atoms with van der Waals surface area (Å²) in [4.78, 5) is 31.0. The smallest absolute Gasteiger partial charge is 0.228 e. The Morgan fingerprint density at radius 1 is 1.23 bits per heavy atom. The zero-order valence-corrected chi connectivity index (χ0v) is 16.0. The van der Waals surface area contributed by atoms with Crippen LogP contribution in [0.4, 0.5) is 0 Å². The number of hydrogen-bond acceptors (Lipinski definition) is 4. The number of amides is 2. The van der Waals surface area contributed by atoms with E-state index >= 15 is 0 Å². The molecule has 0 aromatic heterocycles. The van der Waals surface area contributed by atoms with E-state index in [4.69, 9.17) is 4.74 Å². The van der Waals surface area contributed by atoms with Crippen LogP contribution < -0.4 is 4.74 Å². The first kappa shape index (κ1) is 18.7. The molecule has 6 heteroatoms. The summed E-state index contributed by atoms with van der Waals surface area (Å²) in [5.41, 5.74) is 2.55. The van der Waals surface area contributed by atoms with E-state index in [1.54, 1.807) is 7.11 Å². The molecule has 0 unspecified atom stereocenters. The van der Waals surface area contributed by atoms with E-state index in [1.165, 1.54) is 11.1 Å². The van der Waals surface area contributed by atoms with Gasteiger partial charge >= 0.3 is 0 Å². The monoisotopic (exact) mass is 359 g/mol. The van der Waals surface area contributed by atoms with E-state index in [1.807, 2.05) is 30.0 Å². The van der Waals surface area contributed by atoms with Crippen molar-refractivity contribution in [3.05, 3.63) is 29.3 Å². The van der Waals surface area contributed by atoms with Gasteiger partial charge in [0.05, 0.1) is 13.0 Å². The molecule has 2 amide bonds. The second-order valence-corrected chi connectivity index (χ2v) is 7.50. The van der Waals surface area contributed by atoms with Gasteiger partial charge in [-0.2, -0.15) is 0 Å². The summed E-state index contributed by atoms with van der Waals surface area (Å²) in [6, 6.07) is 6.16. The highest BCUT2D eigenvalue weighted by molar-refractivity contribution is 5.89. The van der Waals surface area contributed by atoms with Crippen LogP contribution in [-0.2, 0) is 22.4 Å². The molecule has 0 N–H and O–H groups in total. The SMILES string of the molecule is COc1ccc2c(c1)CCN(C(=O)[C@@H]1CC(=O)N(CCN(C)C)C1)CC2. The molecule has 0 spiro atoms. The summed E-state index contributed by atoms with van der Waals surface area (Å²) >= 11 is 0. The minimum Gasteiger partial charge on any atom is -0.497 e. The minimum absolute atomic E-state index is 0.105. The quantitative estimate of drug-likeness (QED) is 0.788. The third kappa shape index (κ3) is 4.18. The van der Waals surface area contributed by atoms with Gasteiger partial charge in [0, 0.05) is 39.1 Å². The van der Waals surface area contributed by atoms with Crippen LogP contribution in [0.3, 0.4) is 0 Å². The number of methoxy groups -OCH3 is 1. The van der Waals surface area contributed by atoms with Gasteiger partial charge in [-0.15, -0.1) is 0 Å². The molecule has 1 aromatic carbocycles. The van der Waals surface area contributed by atoms with E-state index in [0.29, 0.717) is 26.1 Å². The molecule has 0 aliphatic carbocycles. The maximum atomic E-state index is 13.0. The number of benzene rings is 1. The molecule has 1 fully saturated rings. The van der Waals surface area contributed by atoms with Crippen LogP contribution in [0.2, 0.25) is 0 Å². The predicted molar refractivity (Wildman–Crippen MR) is 100 cm³/mol. The van der Waals surface area contributed by atoms with E-state index in [9.17, 15) is 9.59 Å². The normalized spacial score (nSPS) is 20.3. The van der Waals surface area contributed by atoms with E-state index in [-0.39, 0.29) is 17.7 Å². The molecule has 1 saturated heterocycles. The second kappa shape index (κ2) is 8.08. The Labute approximate surface area is 155 Å². The Hall–Kier alpha value is -2.08. The van der Waals surface area contributed by atoms with Crippen LogP contribution in [-0.4, -0.2) is 80.4 Å². The van der Waals surface area contributed by atoms with Crippen molar-refractivity contribution in [3.8, 4) is 5.75 Å². The number of likely N-dealkylation sites (N-methyl/N-ethyl adjacent to an activating group) is 1. The summed E-state index contributed by atoms with van der Waals surface area (Å²) in [6.07, 6.45) is 2.04. The van der Waals surface area contributed by atoms with Crippen LogP contribution in [0, 0.1) is 5.92 Å². The Morgan fingerprint density at radius 3 is 2.65 bits per heavy atom. The van der Waals surface area contributed by atoms with Crippen molar-refractivity contribution in [3.63, 3.8) is 0 Å². The summed E-state index contributed by atoms with van der Waals surface area (Å²) in [7, 11) is 5.66. The number of carbonyl (C=O) groups is 2. The van der Waals surface area contributed by atoms with Gasteiger partial charge < -0.3 is 19.4 Å². The summed E-state index contributed by atoms with van der Waals surface area (Å²) in [5.74, 6) is 0.903. The maximum Gasteiger partial charge on any atom is 0.228 e. The van der Waals surface area contributed by atoms with Gasteiger partial charge in [-0.05, 0) is 50.2 Å². The third-order valence-electron chi connectivity index (χ3n) is 5.41. The molecule has 0 bridgehead atoms. The van der Waals surface area contributed by atoms with Gasteiger partial charge in [0.2, 0.25) is 11.8 Å². The van der Waals surface area contributed by atoms with Gasteiger partial charge in [0.25, 0.3) is 0 Å². The second-order valence-electron chi connectivity index (χ2n) is 7.50. The lowest BCUT2D eigenvalue weighted by atomic mass is 10.0. The molecule has 0 saturated carbocycles. The third-order valence-corrected chi connectivity index (χ3v) is 5.41. The number of rotatable bonds is 5. The molecule has 142 valence electrons. The van der Waals surface area contributed by atoms with Crippen LogP contribution in [0.1, 0.15) is 17.5 Å². The number of carbonyl (C=O) groups excluding carboxylic acids is 2. The molecule has 2 aliphatic rings. The summed E-state index contributed by atoms with van der Waals surface area (Å²) < 4.78 is 5.31. The van der Waals surface area contributed by atoms with Gasteiger partial charge in [0.15, 0.2) is 0 Å². The fourth-order valence-corrected chi connectivity index (χ4v) is 3.78. The standard InChI is InChI=1S/C20H29N3O3/c1-21(2)10-11-23-14-17(13-19(23)24)20(25)22-8-6-15-4-5-18(26-3)12-16(15)7-9-22/h4-5,12,17H,6-11,13-14H2,1-3H3/t17-/m1/s1. The molecule has 2 heterocycles. The van der Waals surface area contributed by atoms with Crippen molar-refractivity contribution in [2.45, 2.75) is 19.3 Å². The van der Waals surface area contributed by atoms with E-state index in [0.717, 1.165) is 31.7 Å². The lowest BCUT2D eigenvalue weighted by Crippen LogP contribution is -2.39. The van der Waals surface area contributed by atoms with Gasteiger partial charge in [-0.3, -0.25) is 9.59 Å². The molecule has 26 heavy (non-hydrogen) atoms. The number of hydrogen-bond donors (Lipinski definition) is 0. The highest BCUT2D eigenvalue weighted by Crippen LogP contribution is 2.24. The van der Waals surface area contributed by atoms with Crippen LogP contribution in [0.5, 0.6) is 5.75 Å². The Kier molecular flexibility index (Phi) is 5.81. The van der Waals surface area contributed by atoms with E-state index < -0.39 is 0 Å². The fourth-order valence-electron chi connectivity index (χ4n) is 3.78. The van der Waals surface area contributed by atoms with Crippen molar-refractivity contribution >= 4 is 11.8 Å². The summed E-state index contributed by atoms with van der Waals surface area (Å²) in [5, 5.41) is 0. The lowest BCUT2D eigenvalue weighted by molar-refractivity contribution is -0.135. The molecule has 1 atom stereocenters. The van der Waals surface area contributed by atoms with E-state index in [2.05, 4.69) is 17.0 Å². The van der Waals surface area contributed by atoms with Crippen LogP contribution in [0.15, 0.2) is 18.2 Å². The molecule has 2 aliphatic heterocycles. The Morgan fingerprint density at radius 2 is 1.96 bits per heavy atom. The molecular formula is C20H29N3O3. The Bertz CT molecular complexity index is 674. The molecular weight excluding hydrogens is 330 g/mol. The molecule has 3 rings (SSSR count). The van der Waals surface area contributed by atoms with Crippen molar-refractivity contribution in [1.29, 1.82) is 0 Å². The van der Waals surface area contributed by atoms with Crippen molar-refractivity contribution in [1.82, 2.24) is 14.7 Å². The first-order valence-corrected chi connectivity index (χ1v) is 9.35. The summed E-state index contributed by atoms with van der Waals surface area (Å²) in [6.45, 7) is 3.51. The van der Waals surface area contributed by atoms with Crippen LogP contribution >= 0.6 is 0 Å². The number of nitrogens with zero attached hydrogens (tertiary/aromatic N) is 3. The number of ether oxygens (including phenoxy) is 1. The average molecular weight is 359 g/mol. The maximum absolute atomic E-state index is 13.0. The molecule has 6 nitrogen and oxygen atoms in total. The highest BCUT2D eigenvalue weighted by Gasteiger charge is 2.36. The zero-order chi connectivity index (χ0) is 18.7. The van der Waals surface area contributed by atoms with Crippen molar-refractivity contribution in [2.24, 2.45) is 5.92 Å². The van der Waals surface area contributed by atoms with Gasteiger partial charge in [-0.25, -0.2) is 0 Å². The first-order valence-electron chi connectivity index (χ1n) is 9.35. The lowest BCUT2D eigenvalue weighted by Gasteiger charge is -2.24. The molecule has 1 aromatic rings. The molecule has 0 radical (unpaired) electrons. The highest BCUT2D eigenvalue weighted by atomic mass is 16.5. The predicted octanol–water partition coefficient (Wildman–Crippen LogP) is 1.03. The fraction of sp³-hybridized carbons (Fsp3) is 0.600. The van der Waals surface area contributed by atoms with Crippen molar-refractivity contribution < 1.29 is 14.3 Å². The Balaban J connectivity index is 1.60. The zero-order valence-electron chi connectivity index (χ0n) is 16.0. The van der Waals surface area contributed by atoms with Gasteiger partial charge in [-0.1, -0.05) is 6.07 Å². The average Bonchev–Trinajstić information content (AvgIpc) is 2.87. The van der Waals surface area contributed by atoms with Crippen molar-refractivity contribution in [2.75, 3.05) is 53.9 Å². The number of likely N-dealkylation sites (tertiary alicyclic amines) is 1. The topological polar surface area (TPSA) is 53.1 Å². The van der Waals surface area contributed by atoms with Gasteiger partial charge in [0.1, 0.15) is 5.75 Å². The first-order chi connectivity index (χ1) is 12.5. The largest absolute Gasteiger partial charge is 0.497 e.